The number of carbonyl (C=O) groups excluding carboxylic acids is 9. The summed E-state index contributed by atoms with van der Waals surface area (Å²) in [6, 6.07) is 0. The molecule has 0 saturated carbocycles. The molecular weight excluding hydrogens is 539 g/mol. The zero-order chi connectivity index (χ0) is 22.3. The Morgan fingerprint density at radius 3 is 0.643 bits per heavy atom. The quantitative estimate of drug-likeness (QED) is 0.193. The van der Waals surface area contributed by atoms with Crippen LogP contribution in [0, 0.1) is 37.3 Å². The fourth-order valence-electron chi connectivity index (χ4n) is 0.895. The van der Waals surface area contributed by atoms with E-state index in [1.165, 1.54) is 0 Å². The van der Waals surface area contributed by atoms with Crippen LogP contribution in [0.3, 0.4) is 0 Å². The van der Waals surface area contributed by atoms with Crippen molar-refractivity contribution in [3.05, 3.63) is 0 Å². The number of aliphatic carboxylic acids is 3. The van der Waals surface area contributed by atoms with Crippen molar-refractivity contribution in [3.63, 3.8) is 0 Å². The van der Waals surface area contributed by atoms with Gasteiger partial charge in [0.15, 0.2) is 17.3 Å². The monoisotopic (exact) mass is 553 g/mol. The summed E-state index contributed by atoms with van der Waals surface area (Å²) in [5.74, 6) is -10.3. The molecule has 0 aromatic rings. The van der Waals surface area contributed by atoms with Gasteiger partial charge >= 0.3 is 37.3 Å². The van der Waals surface area contributed by atoms with E-state index >= 15 is 0 Å². The Morgan fingerprint density at radius 2 is 0.607 bits per heavy atom. The van der Waals surface area contributed by atoms with E-state index in [4.69, 9.17) is 0 Å². The molecular formula is C15H15ErO12. The number of Topliss-reactive ketones (excluding diaryl/α,β-unsaturated/α-hetero) is 6. The van der Waals surface area contributed by atoms with Crippen LogP contribution in [0.4, 0.5) is 0 Å². The molecule has 0 N–H and O–H groups in total. The zero-order valence-corrected chi connectivity index (χ0v) is 16.7. The number of carboxylic acids is 3. The smallest absolute Gasteiger partial charge is 0.542 e. The second-order valence-electron chi connectivity index (χ2n) is 4.77. The second kappa shape index (κ2) is 18.1. The molecule has 0 amide bonds. The van der Waals surface area contributed by atoms with Crippen LogP contribution >= 0.6 is 0 Å². The SMILES string of the molecule is CC(=O)CC(=O)C(=O)[O-].CC(=O)CC(=O)C(=O)[O-].CC(=O)CC(=O)C(=O)[O-].[Er+3]. The summed E-state index contributed by atoms with van der Waals surface area (Å²) in [5.41, 5.74) is 0. The number of hydrogen-bond acceptors (Lipinski definition) is 12. The molecule has 0 aromatic carbocycles. The van der Waals surface area contributed by atoms with E-state index in [0.29, 0.717) is 0 Å². The van der Waals surface area contributed by atoms with E-state index in [1.807, 2.05) is 0 Å². The van der Waals surface area contributed by atoms with Gasteiger partial charge in [0.05, 0.1) is 19.3 Å². The Hall–Kier alpha value is -2.32. The minimum Gasteiger partial charge on any atom is -0.542 e. The van der Waals surface area contributed by atoms with Crippen molar-refractivity contribution in [1.29, 1.82) is 0 Å². The van der Waals surface area contributed by atoms with E-state index in [9.17, 15) is 58.5 Å². The van der Waals surface area contributed by atoms with E-state index in [0.717, 1.165) is 20.8 Å². The minimum absolute atomic E-state index is 0. The van der Waals surface area contributed by atoms with Gasteiger partial charge in [-0.2, -0.15) is 0 Å². The number of carboxylic acid groups (broad SMARTS) is 3. The van der Waals surface area contributed by atoms with E-state index in [-0.39, 0.29) is 37.3 Å². The predicted molar refractivity (Wildman–Crippen MR) is 75.9 cm³/mol. The molecule has 0 atom stereocenters. The van der Waals surface area contributed by atoms with Crippen LogP contribution in [-0.2, 0) is 43.2 Å². The van der Waals surface area contributed by atoms with Gasteiger partial charge in [-0.25, -0.2) is 0 Å². The maximum Gasteiger partial charge on any atom is 3.00 e. The summed E-state index contributed by atoms with van der Waals surface area (Å²) < 4.78 is 0. The van der Waals surface area contributed by atoms with Crippen molar-refractivity contribution < 1.29 is 95.8 Å². The van der Waals surface area contributed by atoms with Crippen LogP contribution in [0.2, 0.25) is 0 Å². The predicted octanol–water partition coefficient (Wildman–Crippen LogP) is -5.15. The average molecular weight is 555 g/mol. The molecule has 1 radical (unpaired) electrons. The summed E-state index contributed by atoms with van der Waals surface area (Å²) in [4.78, 5) is 89.2. The van der Waals surface area contributed by atoms with Crippen LogP contribution in [0.1, 0.15) is 40.0 Å². The molecule has 159 valence electrons. The third-order valence-electron chi connectivity index (χ3n) is 1.91. The Labute approximate surface area is 187 Å². The van der Waals surface area contributed by atoms with Crippen LogP contribution < -0.4 is 15.3 Å². The molecule has 0 spiro atoms. The summed E-state index contributed by atoms with van der Waals surface area (Å²) in [7, 11) is 0. The normalized spacial score (nSPS) is 8.25. The van der Waals surface area contributed by atoms with Crippen molar-refractivity contribution in [2.45, 2.75) is 40.0 Å². The van der Waals surface area contributed by atoms with Gasteiger partial charge in [0.25, 0.3) is 0 Å². The van der Waals surface area contributed by atoms with Crippen LogP contribution in [0.15, 0.2) is 0 Å². The number of hydrogen-bond donors (Lipinski definition) is 0. The molecule has 0 aliphatic rings. The summed E-state index contributed by atoms with van der Waals surface area (Å²) in [6.45, 7) is 3.42. The van der Waals surface area contributed by atoms with Crippen molar-refractivity contribution in [2.24, 2.45) is 0 Å². The molecule has 28 heavy (non-hydrogen) atoms. The van der Waals surface area contributed by atoms with Gasteiger partial charge in [-0.05, 0) is 20.8 Å². The second-order valence-corrected chi connectivity index (χ2v) is 4.77. The summed E-state index contributed by atoms with van der Waals surface area (Å²) >= 11 is 0. The summed E-state index contributed by atoms with van der Waals surface area (Å²) in [5, 5.41) is 28.9. The first-order chi connectivity index (χ1) is 12.1. The van der Waals surface area contributed by atoms with E-state index < -0.39 is 71.9 Å². The van der Waals surface area contributed by atoms with Gasteiger partial charge in [-0.15, -0.1) is 0 Å². The molecule has 0 bridgehead atoms. The summed E-state index contributed by atoms with van der Waals surface area (Å²) in [6.07, 6.45) is -1.70. The van der Waals surface area contributed by atoms with E-state index in [2.05, 4.69) is 0 Å². The first-order valence-corrected chi connectivity index (χ1v) is 6.82. The van der Waals surface area contributed by atoms with Gasteiger partial charge in [0.2, 0.25) is 0 Å². The molecule has 0 heterocycles. The first kappa shape index (κ1) is 33.3. The standard InChI is InChI=1S/3C5H6O4.Er/c3*1-3(6)2-4(7)5(8)9;/h3*2H2,1H3,(H,8,9);/q;;;+3/p-3. The number of ketones is 6. The Balaban J connectivity index is -0.000000152. The Kier molecular flexibility index (Phi) is 21.5. The van der Waals surface area contributed by atoms with Crippen LogP contribution in [0.25, 0.3) is 0 Å². The largest absolute Gasteiger partial charge is 3.00 e. The Bertz CT molecular complexity index is 572. The molecule has 0 rings (SSSR count). The molecule has 0 aliphatic heterocycles. The molecule has 12 nitrogen and oxygen atoms in total. The van der Waals surface area contributed by atoms with Gasteiger partial charge < -0.3 is 29.7 Å². The van der Waals surface area contributed by atoms with Crippen molar-refractivity contribution >= 4 is 52.6 Å². The molecule has 0 unspecified atom stereocenters. The van der Waals surface area contributed by atoms with Gasteiger partial charge in [0, 0.05) is 0 Å². The molecule has 0 aromatic heterocycles. The maximum absolute atomic E-state index is 10.1. The van der Waals surface area contributed by atoms with Gasteiger partial charge in [-0.1, -0.05) is 0 Å². The molecule has 0 aliphatic carbocycles. The minimum atomic E-state index is -1.80. The molecule has 0 saturated heterocycles. The van der Waals surface area contributed by atoms with Crippen molar-refractivity contribution in [1.82, 2.24) is 0 Å². The third-order valence-corrected chi connectivity index (χ3v) is 1.91. The topological polar surface area (TPSA) is 223 Å². The first-order valence-electron chi connectivity index (χ1n) is 6.82. The van der Waals surface area contributed by atoms with Crippen LogP contribution in [-0.4, -0.2) is 52.6 Å². The zero-order valence-electron chi connectivity index (χ0n) is 14.8. The number of rotatable bonds is 9. The number of carbonyl (C=O) groups is 9. The van der Waals surface area contributed by atoms with E-state index in [1.54, 1.807) is 0 Å². The van der Waals surface area contributed by atoms with Crippen LogP contribution in [0.5, 0.6) is 0 Å². The average Bonchev–Trinajstić information content (AvgIpc) is 2.46. The van der Waals surface area contributed by atoms with Gasteiger partial charge in [-0.3, -0.25) is 28.8 Å². The van der Waals surface area contributed by atoms with Crippen molar-refractivity contribution in [3.8, 4) is 0 Å². The Morgan fingerprint density at radius 1 is 0.464 bits per heavy atom. The third kappa shape index (κ3) is 25.9. The van der Waals surface area contributed by atoms with Crippen molar-refractivity contribution in [2.75, 3.05) is 0 Å². The molecule has 13 heteroatoms. The fourth-order valence-corrected chi connectivity index (χ4v) is 0.895. The van der Waals surface area contributed by atoms with Gasteiger partial charge in [0.1, 0.15) is 35.3 Å². The molecule has 0 fully saturated rings. The maximum atomic E-state index is 10.1. The fraction of sp³-hybridized carbons (Fsp3) is 0.400.